The van der Waals surface area contributed by atoms with Gasteiger partial charge in [-0.25, -0.2) is 0 Å². The average molecular weight is 157 g/mol. The first kappa shape index (κ1) is 10.2. The molecule has 0 aliphatic carbocycles. The summed E-state index contributed by atoms with van der Waals surface area (Å²) in [5, 5.41) is 21.0. The van der Waals surface area contributed by atoms with Crippen LogP contribution in [0.3, 0.4) is 0 Å². The van der Waals surface area contributed by atoms with E-state index in [1.807, 2.05) is 0 Å². The van der Waals surface area contributed by atoms with Crippen LogP contribution in [-0.2, 0) is 0 Å². The molecule has 0 aliphatic rings. The van der Waals surface area contributed by atoms with Gasteiger partial charge in [-0.3, -0.25) is 0 Å². The van der Waals surface area contributed by atoms with Gasteiger partial charge in [0, 0.05) is 5.46 Å². The maximum Gasteiger partial charge on any atom is 0.494 e. The predicted octanol–water partition coefficient (Wildman–Crippen LogP) is -0.393. The normalized spacial score (nSPS) is 9.09. The maximum absolute atomic E-state index is 8.73. The first-order valence-corrected chi connectivity index (χ1v) is 2.92. The van der Waals surface area contributed by atoms with Crippen molar-refractivity contribution in [3.05, 3.63) is 11.5 Å². The molecule has 1 rings (SSSR count). The molecule has 0 amide bonds. The fourth-order valence-corrected chi connectivity index (χ4v) is 0.859. The van der Waals surface area contributed by atoms with Crippen LogP contribution in [0.1, 0.15) is 18.9 Å². The van der Waals surface area contributed by atoms with E-state index in [9.17, 15) is 0 Å². The van der Waals surface area contributed by atoms with E-state index < -0.39 is 7.12 Å². The molecule has 0 atom stereocenters. The monoisotopic (exact) mass is 157 g/mol. The van der Waals surface area contributed by atoms with Crippen molar-refractivity contribution in [2.75, 3.05) is 0 Å². The van der Waals surface area contributed by atoms with E-state index in [2.05, 4.69) is 9.68 Å². The number of aryl methyl sites for hydroxylation is 2. The Kier molecular flexibility index (Phi) is 3.29. The topological polar surface area (TPSA) is 66.5 Å². The minimum absolute atomic E-state index is 0. The summed E-state index contributed by atoms with van der Waals surface area (Å²) in [6, 6.07) is 0. The van der Waals surface area contributed by atoms with E-state index in [0.717, 1.165) is 0 Å². The van der Waals surface area contributed by atoms with E-state index in [1.165, 1.54) is 0 Å². The standard InChI is InChI=1S/C5H8BNO3.CH4/c1-3-5(6(8)9)4(2)10-7-3;/h8-9H,1-2H3;1H4. The number of rotatable bonds is 1. The molecule has 4 nitrogen and oxygen atoms in total. The molecule has 11 heavy (non-hydrogen) atoms. The van der Waals surface area contributed by atoms with E-state index >= 15 is 0 Å². The summed E-state index contributed by atoms with van der Waals surface area (Å²) in [5.41, 5.74) is 0.882. The molecule has 0 radical (unpaired) electrons. The van der Waals surface area contributed by atoms with Crippen LogP contribution < -0.4 is 5.46 Å². The van der Waals surface area contributed by atoms with E-state index in [4.69, 9.17) is 10.0 Å². The zero-order valence-electron chi connectivity index (χ0n) is 5.83. The molecule has 0 spiro atoms. The predicted molar refractivity (Wildman–Crippen MR) is 42.5 cm³/mol. The third-order valence-corrected chi connectivity index (χ3v) is 1.35. The van der Waals surface area contributed by atoms with Gasteiger partial charge in [0.15, 0.2) is 0 Å². The maximum atomic E-state index is 8.73. The van der Waals surface area contributed by atoms with Crippen LogP contribution in [-0.4, -0.2) is 22.3 Å². The SMILES string of the molecule is C.Cc1noc(C)c1B(O)O. The summed E-state index contributed by atoms with van der Waals surface area (Å²) in [7, 11) is -1.48. The van der Waals surface area contributed by atoms with Gasteiger partial charge in [0.1, 0.15) is 5.76 Å². The van der Waals surface area contributed by atoms with Gasteiger partial charge in [0.25, 0.3) is 0 Å². The van der Waals surface area contributed by atoms with Crippen molar-refractivity contribution in [1.82, 2.24) is 5.16 Å². The van der Waals surface area contributed by atoms with Crippen molar-refractivity contribution in [1.29, 1.82) is 0 Å². The third-order valence-electron chi connectivity index (χ3n) is 1.35. The summed E-state index contributed by atoms with van der Waals surface area (Å²) in [5.74, 6) is 0.451. The summed E-state index contributed by atoms with van der Waals surface area (Å²) < 4.78 is 4.69. The highest BCUT2D eigenvalue weighted by molar-refractivity contribution is 6.59. The Balaban J connectivity index is 0.000001000. The molecule has 1 aromatic rings. The van der Waals surface area contributed by atoms with Crippen molar-refractivity contribution in [3.8, 4) is 0 Å². The number of hydrogen-bond acceptors (Lipinski definition) is 4. The van der Waals surface area contributed by atoms with Crippen LogP contribution in [0.5, 0.6) is 0 Å². The second-order valence-electron chi connectivity index (χ2n) is 2.11. The van der Waals surface area contributed by atoms with Gasteiger partial charge in [-0.1, -0.05) is 12.6 Å². The van der Waals surface area contributed by atoms with Gasteiger partial charge < -0.3 is 14.6 Å². The molecule has 5 heteroatoms. The number of nitrogens with zero attached hydrogens (tertiary/aromatic N) is 1. The Bertz CT molecular complexity index is 214. The van der Waals surface area contributed by atoms with Crippen molar-refractivity contribution in [2.24, 2.45) is 0 Å². The second kappa shape index (κ2) is 3.55. The molecule has 1 heterocycles. The molecule has 2 N–H and O–H groups in total. The Morgan fingerprint density at radius 2 is 1.91 bits per heavy atom. The number of hydrogen-bond donors (Lipinski definition) is 2. The zero-order chi connectivity index (χ0) is 7.72. The molecule has 1 aromatic heterocycles. The molecule has 62 valence electrons. The van der Waals surface area contributed by atoms with Crippen LogP contribution in [0, 0.1) is 13.8 Å². The lowest BCUT2D eigenvalue weighted by atomic mass is 9.79. The average Bonchev–Trinajstić information content (AvgIpc) is 2.11. The fraction of sp³-hybridized carbons (Fsp3) is 0.500. The molecule has 0 saturated carbocycles. The van der Waals surface area contributed by atoms with E-state index in [1.54, 1.807) is 13.8 Å². The third kappa shape index (κ3) is 1.81. The van der Waals surface area contributed by atoms with Crippen LogP contribution >= 0.6 is 0 Å². The Hall–Kier alpha value is -0.805. The highest BCUT2D eigenvalue weighted by atomic mass is 16.5. The van der Waals surface area contributed by atoms with Crippen molar-refractivity contribution >= 4 is 12.6 Å². The van der Waals surface area contributed by atoms with Crippen molar-refractivity contribution in [2.45, 2.75) is 21.3 Å². The van der Waals surface area contributed by atoms with Gasteiger partial charge in [-0.15, -0.1) is 0 Å². The van der Waals surface area contributed by atoms with Gasteiger partial charge in [-0.05, 0) is 13.8 Å². The Labute approximate surface area is 66.0 Å². The molecular formula is C6H12BNO3. The minimum Gasteiger partial charge on any atom is -0.423 e. The van der Waals surface area contributed by atoms with Crippen LogP contribution in [0.4, 0.5) is 0 Å². The van der Waals surface area contributed by atoms with Crippen LogP contribution in [0.15, 0.2) is 4.52 Å². The molecule has 0 bridgehead atoms. The van der Waals surface area contributed by atoms with Crippen LogP contribution in [0.2, 0.25) is 0 Å². The highest BCUT2D eigenvalue weighted by Gasteiger charge is 2.20. The van der Waals surface area contributed by atoms with Gasteiger partial charge in [-0.2, -0.15) is 0 Å². The fourth-order valence-electron chi connectivity index (χ4n) is 0.859. The Morgan fingerprint density at radius 3 is 2.09 bits per heavy atom. The lowest BCUT2D eigenvalue weighted by Gasteiger charge is -1.93. The molecule has 0 fully saturated rings. The Morgan fingerprint density at radius 1 is 1.36 bits per heavy atom. The van der Waals surface area contributed by atoms with Crippen LogP contribution in [0.25, 0.3) is 0 Å². The van der Waals surface area contributed by atoms with Gasteiger partial charge >= 0.3 is 7.12 Å². The summed E-state index contributed by atoms with van der Waals surface area (Å²) in [6.45, 7) is 3.29. The second-order valence-corrected chi connectivity index (χ2v) is 2.11. The summed E-state index contributed by atoms with van der Waals surface area (Å²) in [6.07, 6.45) is 0. The molecule has 0 aromatic carbocycles. The first-order valence-electron chi connectivity index (χ1n) is 2.92. The largest absolute Gasteiger partial charge is 0.494 e. The van der Waals surface area contributed by atoms with E-state index in [-0.39, 0.29) is 7.43 Å². The minimum atomic E-state index is -1.48. The smallest absolute Gasteiger partial charge is 0.423 e. The van der Waals surface area contributed by atoms with Crippen molar-refractivity contribution in [3.63, 3.8) is 0 Å². The highest BCUT2D eigenvalue weighted by Crippen LogP contribution is 1.96. The zero-order valence-corrected chi connectivity index (χ0v) is 5.83. The lowest BCUT2D eigenvalue weighted by Crippen LogP contribution is -2.32. The molecule has 0 unspecified atom stereocenters. The quantitative estimate of drug-likeness (QED) is 0.544. The molecule has 0 aliphatic heterocycles. The molecular weight excluding hydrogens is 145 g/mol. The summed E-state index contributed by atoms with van der Waals surface area (Å²) >= 11 is 0. The van der Waals surface area contributed by atoms with Crippen molar-refractivity contribution < 1.29 is 14.6 Å². The number of aromatic nitrogens is 1. The van der Waals surface area contributed by atoms with E-state index in [0.29, 0.717) is 16.9 Å². The molecule has 0 saturated heterocycles. The van der Waals surface area contributed by atoms with Gasteiger partial charge in [0.05, 0.1) is 5.69 Å². The first-order chi connectivity index (χ1) is 4.63. The summed E-state index contributed by atoms with van der Waals surface area (Å²) in [4.78, 5) is 0. The lowest BCUT2D eigenvalue weighted by molar-refractivity contribution is 0.392. The van der Waals surface area contributed by atoms with Gasteiger partial charge in [0.2, 0.25) is 0 Å².